The largest absolute Gasteiger partial charge is 0.376 e. The van der Waals surface area contributed by atoms with Crippen molar-refractivity contribution in [3.63, 3.8) is 0 Å². The fraction of sp³-hybridized carbons (Fsp3) is 0.625. The summed E-state index contributed by atoms with van der Waals surface area (Å²) < 4.78 is 6.03. The molecule has 0 heterocycles. The molecule has 0 saturated heterocycles. The van der Waals surface area contributed by atoms with Gasteiger partial charge in [0.05, 0.1) is 18.8 Å². The second kappa shape index (κ2) is 6.35. The molecule has 18 heavy (non-hydrogen) atoms. The van der Waals surface area contributed by atoms with Crippen LogP contribution in [0.5, 0.6) is 0 Å². The number of benzene rings is 1. The Hall–Kier alpha value is -0.860. The third kappa shape index (κ3) is 3.56. The third-order valence-electron chi connectivity index (χ3n) is 3.99. The zero-order valence-electron chi connectivity index (χ0n) is 11.6. The summed E-state index contributed by atoms with van der Waals surface area (Å²) >= 11 is 0. The van der Waals surface area contributed by atoms with Gasteiger partial charge in [0.15, 0.2) is 0 Å². The molecule has 3 atom stereocenters. The van der Waals surface area contributed by atoms with Crippen LogP contribution in [-0.4, -0.2) is 12.7 Å². The first-order valence-corrected chi connectivity index (χ1v) is 7.10. The van der Waals surface area contributed by atoms with Crippen molar-refractivity contribution in [1.82, 2.24) is 0 Å². The van der Waals surface area contributed by atoms with Crippen molar-refractivity contribution in [2.24, 2.45) is 11.7 Å². The van der Waals surface area contributed by atoms with E-state index < -0.39 is 0 Å². The zero-order chi connectivity index (χ0) is 13.0. The highest BCUT2D eigenvalue weighted by molar-refractivity contribution is 5.24. The maximum atomic E-state index is 6.20. The van der Waals surface area contributed by atoms with Crippen LogP contribution in [0.4, 0.5) is 0 Å². The molecular weight excluding hydrogens is 222 g/mol. The molecule has 100 valence electrons. The van der Waals surface area contributed by atoms with Gasteiger partial charge in [-0.15, -0.1) is 0 Å². The van der Waals surface area contributed by atoms with Crippen LogP contribution >= 0.6 is 0 Å². The third-order valence-corrected chi connectivity index (χ3v) is 3.99. The Labute approximate surface area is 111 Å². The summed E-state index contributed by atoms with van der Waals surface area (Å²) in [6.45, 7) is 5.03. The highest BCUT2D eigenvalue weighted by Crippen LogP contribution is 2.27. The molecule has 0 spiro atoms. The predicted molar refractivity (Wildman–Crippen MR) is 75.5 cm³/mol. The van der Waals surface area contributed by atoms with E-state index in [4.69, 9.17) is 10.5 Å². The van der Waals surface area contributed by atoms with Gasteiger partial charge in [-0.25, -0.2) is 0 Å². The summed E-state index contributed by atoms with van der Waals surface area (Å²) in [6.07, 6.45) is 5.56. The molecule has 1 aromatic rings. The van der Waals surface area contributed by atoms with E-state index in [1.807, 2.05) is 0 Å². The van der Waals surface area contributed by atoms with Gasteiger partial charge in [-0.1, -0.05) is 49.6 Å². The van der Waals surface area contributed by atoms with E-state index in [2.05, 4.69) is 38.1 Å². The van der Waals surface area contributed by atoms with E-state index in [-0.39, 0.29) is 6.04 Å². The first kappa shape index (κ1) is 13.6. The lowest BCUT2D eigenvalue weighted by atomic mass is 9.88. The summed E-state index contributed by atoms with van der Waals surface area (Å²) in [7, 11) is 0. The normalized spacial score (nSPS) is 25.9. The minimum atomic E-state index is -0.000901. The lowest BCUT2D eigenvalue weighted by molar-refractivity contribution is -0.0113. The Kier molecular flexibility index (Phi) is 4.79. The van der Waals surface area contributed by atoms with Crippen LogP contribution in [0.2, 0.25) is 0 Å². The predicted octanol–water partition coefficient (Wildman–Crippen LogP) is 3.59. The maximum absolute atomic E-state index is 6.20. The van der Waals surface area contributed by atoms with Gasteiger partial charge in [-0.3, -0.25) is 0 Å². The van der Waals surface area contributed by atoms with Crippen LogP contribution in [0, 0.1) is 12.8 Å². The van der Waals surface area contributed by atoms with Crippen molar-refractivity contribution in [3.8, 4) is 0 Å². The molecule has 1 fully saturated rings. The monoisotopic (exact) mass is 247 g/mol. The molecule has 0 aliphatic heterocycles. The van der Waals surface area contributed by atoms with Crippen LogP contribution in [-0.2, 0) is 4.74 Å². The van der Waals surface area contributed by atoms with Gasteiger partial charge >= 0.3 is 0 Å². The zero-order valence-corrected chi connectivity index (χ0v) is 11.6. The molecule has 2 N–H and O–H groups in total. The van der Waals surface area contributed by atoms with Crippen LogP contribution in [0.3, 0.4) is 0 Å². The van der Waals surface area contributed by atoms with Crippen molar-refractivity contribution >= 4 is 0 Å². The van der Waals surface area contributed by atoms with E-state index in [0.717, 1.165) is 0 Å². The second-order valence-electron chi connectivity index (χ2n) is 5.65. The summed E-state index contributed by atoms with van der Waals surface area (Å²) in [6, 6.07) is 8.40. The molecule has 0 radical (unpaired) electrons. The minimum Gasteiger partial charge on any atom is -0.376 e. The van der Waals surface area contributed by atoms with Gasteiger partial charge in [0.1, 0.15) is 0 Å². The van der Waals surface area contributed by atoms with E-state index >= 15 is 0 Å². The molecule has 0 bridgehead atoms. The molecule has 1 saturated carbocycles. The Bertz CT molecular complexity index is 377. The van der Waals surface area contributed by atoms with Crippen molar-refractivity contribution in [2.45, 2.75) is 51.7 Å². The Morgan fingerprint density at radius 2 is 2.11 bits per heavy atom. The Morgan fingerprint density at radius 3 is 2.83 bits per heavy atom. The summed E-state index contributed by atoms with van der Waals surface area (Å²) in [4.78, 5) is 0. The van der Waals surface area contributed by atoms with Gasteiger partial charge in [-0.2, -0.15) is 0 Å². The molecule has 2 nitrogen and oxygen atoms in total. The molecule has 1 aliphatic carbocycles. The van der Waals surface area contributed by atoms with Crippen LogP contribution in [0.1, 0.15) is 49.8 Å². The summed E-state index contributed by atoms with van der Waals surface area (Å²) in [5.74, 6) is 0.684. The van der Waals surface area contributed by atoms with E-state index in [1.54, 1.807) is 0 Å². The van der Waals surface area contributed by atoms with Gasteiger partial charge in [0, 0.05) is 0 Å². The average Bonchev–Trinajstić information content (AvgIpc) is 2.37. The molecule has 2 heteroatoms. The van der Waals surface area contributed by atoms with Gasteiger partial charge in [-0.05, 0) is 31.2 Å². The van der Waals surface area contributed by atoms with E-state index in [1.165, 1.54) is 36.8 Å². The molecule has 3 unspecified atom stereocenters. The summed E-state index contributed by atoms with van der Waals surface area (Å²) in [5.41, 5.74) is 8.64. The van der Waals surface area contributed by atoms with Crippen LogP contribution in [0.25, 0.3) is 0 Å². The van der Waals surface area contributed by atoms with Crippen molar-refractivity contribution in [2.75, 3.05) is 6.61 Å². The minimum absolute atomic E-state index is 0.000901. The fourth-order valence-corrected chi connectivity index (χ4v) is 2.75. The fourth-order valence-electron chi connectivity index (χ4n) is 2.75. The first-order valence-electron chi connectivity index (χ1n) is 7.10. The number of hydrogen-bond donors (Lipinski definition) is 1. The number of aryl methyl sites for hydroxylation is 1. The lowest BCUT2D eigenvalue weighted by Crippen LogP contribution is -2.29. The van der Waals surface area contributed by atoms with Gasteiger partial charge < -0.3 is 10.5 Å². The Balaban J connectivity index is 1.86. The second-order valence-corrected chi connectivity index (χ2v) is 5.65. The topological polar surface area (TPSA) is 35.2 Å². The smallest absolute Gasteiger partial charge is 0.0663 e. The van der Waals surface area contributed by atoms with Crippen molar-refractivity contribution in [3.05, 3.63) is 35.4 Å². The van der Waals surface area contributed by atoms with E-state index in [0.29, 0.717) is 18.6 Å². The molecule has 1 aliphatic rings. The molecule has 2 rings (SSSR count). The number of nitrogens with two attached hydrogens (primary N) is 1. The van der Waals surface area contributed by atoms with Crippen molar-refractivity contribution < 1.29 is 4.74 Å². The SMILES string of the molecule is Cc1cccc(C(N)COC2CCCCC2C)c1. The van der Waals surface area contributed by atoms with Crippen molar-refractivity contribution in [1.29, 1.82) is 0 Å². The lowest BCUT2D eigenvalue weighted by Gasteiger charge is -2.29. The molecule has 1 aromatic carbocycles. The molecule has 0 amide bonds. The number of ether oxygens (including phenoxy) is 1. The highest BCUT2D eigenvalue weighted by Gasteiger charge is 2.22. The van der Waals surface area contributed by atoms with Crippen LogP contribution < -0.4 is 5.73 Å². The molecule has 0 aromatic heterocycles. The summed E-state index contributed by atoms with van der Waals surface area (Å²) in [5, 5.41) is 0. The highest BCUT2D eigenvalue weighted by atomic mass is 16.5. The number of rotatable bonds is 4. The van der Waals surface area contributed by atoms with Crippen LogP contribution in [0.15, 0.2) is 24.3 Å². The first-order chi connectivity index (χ1) is 8.66. The Morgan fingerprint density at radius 1 is 1.33 bits per heavy atom. The maximum Gasteiger partial charge on any atom is 0.0663 e. The number of hydrogen-bond acceptors (Lipinski definition) is 2. The van der Waals surface area contributed by atoms with E-state index in [9.17, 15) is 0 Å². The van der Waals surface area contributed by atoms with Gasteiger partial charge in [0.25, 0.3) is 0 Å². The average molecular weight is 247 g/mol. The quantitative estimate of drug-likeness (QED) is 0.882. The molecular formula is C16H25NO. The standard InChI is InChI=1S/C16H25NO/c1-12-6-5-8-14(10-12)15(17)11-18-16-9-4-3-7-13(16)2/h5-6,8,10,13,15-16H,3-4,7,9,11,17H2,1-2H3. The van der Waals surface area contributed by atoms with Gasteiger partial charge in [0.2, 0.25) is 0 Å².